The van der Waals surface area contributed by atoms with E-state index in [2.05, 4.69) is 75.9 Å². The first kappa shape index (κ1) is 27.3. The summed E-state index contributed by atoms with van der Waals surface area (Å²) in [6.45, 7) is 13.1. The van der Waals surface area contributed by atoms with Gasteiger partial charge in [0.25, 0.3) is 0 Å². The maximum atomic E-state index is 6.46. The Balaban J connectivity index is 1.18. The molecule has 0 unspecified atom stereocenters. The topological polar surface area (TPSA) is 91.6 Å². The highest BCUT2D eigenvalue weighted by Gasteiger charge is 2.32. The van der Waals surface area contributed by atoms with Gasteiger partial charge in [-0.2, -0.15) is 5.10 Å². The largest absolute Gasteiger partial charge is 0.398 e. The zero-order valence-electron chi connectivity index (χ0n) is 24.2. The van der Waals surface area contributed by atoms with Gasteiger partial charge in [-0.3, -0.25) is 4.68 Å². The Morgan fingerprint density at radius 2 is 1.56 bits per heavy atom. The molecule has 1 aromatic carbocycles. The summed E-state index contributed by atoms with van der Waals surface area (Å²) in [7, 11) is 2.19. The van der Waals surface area contributed by atoms with Crippen molar-refractivity contribution in [2.24, 2.45) is 11.5 Å². The quantitative estimate of drug-likeness (QED) is 0.447. The fourth-order valence-electron chi connectivity index (χ4n) is 5.95. The molecule has 1 saturated carbocycles. The minimum Gasteiger partial charge on any atom is -0.398 e. The molecule has 5 N–H and O–H groups in total. The first-order valence-corrected chi connectivity index (χ1v) is 14.5. The molecule has 1 aromatic heterocycles. The van der Waals surface area contributed by atoms with Crippen LogP contribution < -0.4 is 21.7 Å². The van der Waals surface area contributed by atoms with Crippen LogP contribution in [0.25, 0.3) is 11.3 Å². The molecule has 0 amide bonds. The molecule has 8 heteroatoms. The lowest BCUT2D eigenvalue weighted by Crippen LogP contribution is -2.45. The van der Waals surface area contributed by atoms with Crippen molar-refractivity contribution in [3.05, 3.63) is 71.0 Å². The van der Waals surface area contributed by atoms with Crippen molar-refractivity contribution < 1.29 is 0 Å². The molecular weight excluding hydrogens is 484 g/mol. The van der Waals surface area contributed by atoms with E-state index in [-0.39, 0.29) is 0 Å². The number of benzene rings is 1. The SMILES string of the molecule is C/C(=C\N/C(N)=C/C=C(\N)c1cc(C)c(N2CCN(C)CC2)c(C)c1)c1cnn(C2CCN(C3CC3)CC2)c1. The summed E-state index contributed by atoms with van der Waals surface area (Å²) in [6.07, 6.45) is 14.9. The number of nitrogens with one attached hydrogen (secondary N) is 1. The molecule has 2 aliphatic heterocycles. The van der Waals surface area contributed by atoms with Crippen LogP contribution in [0.5, 0.6) is 0 Å². The van der Waals surface area contributed by atoms with Crippen molar-refractivity contribution in [2.75, 3.05) is 51.2 Å². The standard InChI is InChI=1S/C31H46N8/c1-22-17-25(18-23(2)31(22)38-15-13-36(4)14-16-38)29(32)7-8-30(33)34-19-24(3)26-20-35-39(21-26)28-9-11-37(12-10-28)27-5-6-27/h7-8,17-21,27-28,34H,5-6,9-16,32-33H2,1-4H3/b24-19+,29-7-,30-8+. The number of anilines is 1. The molecule has 3 aliphatic rings. The molecule has 0 bridgehead atoms. The highest BCUT2D eigenvalue weighted by molar-refractivity contribution is 5.71. The van der Waals surface area contributed by atoms with Gasteiger partial charge in [0.05, 0.1) is 12.2 Å². The molecule has 8 nitrogen and oxygen atoms in total. The molecule has 5 rings (SSSR count). The van der Waals surface area contributed by atoms with Crippen molar-refractivity contribution >= 4 is 17.0 Å². The number of hydrogen-bond acceptors (Lipinski definition) is 7. The zero-order valence-corrected chi connectivity index (χ0v) is 24.2. The maximum Gasteiger partial charge on any atom is 0.100 e. The number of aryl methyl sites for hydroxylation is 2. The second kappa shape index (κ2) is 11.9. The van der Waals surface area contributed by atoms with Crippen LogP contribution in [-0.2, 0) is 0 Å². The molecule has 2 saturated heterocycles. The molecule has 210 valence electrons. The van der Waals surface area contributed by atoms with Gasteiger partial charge < -0.3 is 31.5 Å². The molecule has 0 spiro atoms. The Kier molecular flexibility index (Phi) is 8.33. The third kappa shape index (κ3) is 6.68. The fraction of sp³-hybridized carbons (Fsp3) is 0.516. The summed E-state index contributed by atoms with van der Waals surface area (Å²) in [4.78, 5) is 7.52. The number of nitrogens with two attached hydrogens (primary N) is 2. The molecular formula is C31H46N8. The Morgan fingerprint density at radius 3 is 2.21 bits per heavy atom. The molecule has 0 radical (unpaired) electrons. The number of rotatable bonds is 8. The summed E-state index contributed by atoms with van der Waals surface area (Å²) in [5, 5.41) is 7.88. The number of aromatic nitrogens is 2. The fourth-order valence-corrected chi connectivity index (χ4v) is 5.95. The Morgan fingerprint density at radius 1 is 0.897 bits per heavy atom. The first-order valence-electron chi connectivity index (χ1n) is 14.5. The monoisotopic (exact) mass is 530 g/mol. The molecule has 0 atom stereocenters. The van der Waals surface area contributed by atoms with Crippen molar-refractivity contribution in [3.8, 4) is 0 Å². The number of likely N-dealkylation sites (tertiary alicyclic amines) is 1. The summed E-state index contributed by atoms with van der Waals surface area (Å²) < 4.78 is 2.15. The van der Waals surface area contributed by atoms with Crippen LogP contribution >= 0.6 is 0 Å². The van der Waals surface area contributed by atoms with E-state index >= 15 is 0 Å². The average Bonchev–Trinajstić information content (AvgIpc) is 3.67. The van der Waals surface area contributed by atoms with Gasteiger partial charge in [-0.25, -0.2) is 0 Å². The van der Waals surface area contributed by atoms with E-state index in [0.29, 0.717) is 17.6 Å². The second-order valence-corrected chi connectivity index (χ2v) is 11.7. The van der Waals surface area contributed by atoms with Gasteiger partial charge in [-0.1, -0.05) is 0 Å². The van der Waals surface area contributed by atoms with E-state index in [1.165, 1.54) is 55.6 Å². The predicted octanol–water partition coefficient (Wildman–Crippen LogP) is 3.80. The zero-order chi connectivity index (χ0) is 27.5. The molecule has 2 aromatic rings. The molecule has 39 heavy (non-hydrogen) atoms. The first-order chi connectivity index (χ1) is 18.8. The lowest BCUT2D eigenvalue weighted by Gasteiger charge is -2.36. The number of nitrogens with zero attached hydrogens (tertiary/aromatic N) is 5. The maximum absolute atomic E-state index is 6.46. The van der Waals surface area contributed by atoms with Crippen molar-refractivity contribution in [2.45, 2.75) is 58.5 Å². The van der Waals surface area contributed by atoms with Crippen molar-refractivity contribution in [1.82, 2.24) is 24.9 Å². The smallest absolute Gasteiger partial charge is 0.100 e. The van der Waals surface area contributed by atoms with Crippen LogP contribution in [0.4, 0.5) is 5.69 Å². The number of allylic oxidation sites excluding steroid dienone is 3. The van der Waals surface area contributed by atoms with Gasteiger partial charge in [0, 0.05) is 74.7 Å². The van der Waals surface area contributed by atoms with E-state index < -0.39 is 0 Å². The number of likely N-dealkylation sites (N-methyl/N-ethyl adjacent to an activating group) is 1. The van der Waals surface area contributed by atoms with Crippen LogP contribution in [0.15, 0.2) is 48.7 Å². The highest BCUT2D eigenvalue weighted by Crippen LogP contribution is 2.32. The summed E-state index contributed by atoms with van der Waals surface area (Å²) in [5.74, 6) is 0.541. The molecule has 3 heterocycles. The van der Waals surface area contributed by atoms with Crippen LogP contribution in [0.3, 0.4) is 0 Å². The van der Waals surface area contributed by atoms with Crippen LogP contribution in [0.2, 0.25) is 0 Å². The molecule has 1 aliphatic carbocycles. The Labute approximate surface area is 234 Å². The van der Waals surface area contributed by atoms with E-state index in [0.717, 1.165) is 48.9 Å². The van der Waals surface area contributed by atoms with E-state index in [1.807, 2.05) is 24.5 Å². The summed E-state index contributed by atoms with van der Waals surface area (Å²) in [6, 6.07) is 5.72. The van der Waals surface area contributed by atoms with Crippen LogP contribution in [0.1, 0.15) is 60.9 Å². The summed E-state index contributed by atoms with van der Waals surface area (Å²) in [5.41, 5.74) is 20.5. The second-order valence-electron chi connectivity index (χ2n) is 11.7. The average molecular weight is 531 g/mol. The van der Waals surface area contributed by atoms with Crippen LogP contribution in [-0.4, -0.2) is 71.9 Å². The minimum absolute atomic E-state index is 0.496. The lowest BCUT2D eigenvalue weighted by atomic mass is 10.0. The van der Waals surface area contributed by atoms with Crippen LogP contribution in [0, 0.1) is 13.8 Å². The lowest BCUT2D eigenvalue weighted by molar-refractivity contribution is 0.172. The van der Waals surface area contributed by atoms with Gasteiger partial charge in [0.15, 0.2) is 0 Å². The molecule has 3 fully saturated rings. The summed E-state index contributed by atoms with van der Waals surface area (Å²) >= 11 is 0. The minimum atomic E-state index is 0.496. The van der Waals surface area contributed by atoms with E-state index in [1.54, 1.807) is 0 Å². The van der Waals surface area contributed by atoms with E-state index in [4.69, 9.17) is 11.5 Å². The Bertz CT molecular complexity index is 1210. The van der Waals surface area contributed by atoms with Gasteiger partial charge in [-0.05, 0) is 100 Å². The third-order valence-electron chi connectivity index (χ3n) is 8.54. The number of hydrogen-bond donors (Lipinski definition) is 3. The van der Waals surface area contributed by atoms with Crippen molar-refractivity contribution in [1.29, 1.82) is 0 Å². The third-order valence-corrected chi connectivity index (χ3v) is 8.54. The normalized spacial score (nSPS) is 21.0. The van der Waals surface area contributed by atoms with Gasteiger partial charge in [-0.15, -0.1) is 0 Å². The van der Waals surface area contributed by atoms with Gasteiger partial charge >= 0.3 is 0 Å². The van der Waals surface area contributed by atoms with Gasteiger partial charge in [0.1, 0.15) is 5.82 Å². The van der Waals surface area contributed by atoms with E-state index in [9.17, 15) is 0 Å². The highest BCUT2D eigenvalue weighted by atomic mass is 15.3. The van der Waals surface area contributed by atoms with Gasteiger partial charge in [0.2, 0.25) is 0 Å². The number of piperidine rings is 1. The Hall–Kier alpha value is -3.23. The van der Waals surface area contributed by atoms with Crippen molar-refractivity contribution in [3.63, 3.8) is 0 Å². The predicted molar refractivity (Wildman–Crippen MR) is 162 cm³/mol. The number of piperazine rings is 1.